The molecule has 2 N–H and O–H groups in total. The number of carbonyl (C=O) groups is 2. The molecule has 0 aliphatic rings. The number of nitrogens with zero attached hydrogens (tertiary/aromatic N) is 2. The van der Waals surface area contributed by atoms with E-state index in [2.05, 4.69) is 15.7 Å². The van der Waals surface area contributed by atoms with Gasteiger partial charge in [-0.2, -0.15) is 5.10 Å². The molecule has 0 saturated carbocycles. The van der Waals surface area contributed by atoms with E-state index >= 15 is 0 Å². The first-order valence-corrected chi connectivity index (χ1v) is 9.70. The summed E-state index contributed by atoms with van der Waals surface area (Å²) in [5.74, 6) is -0.870. The highest BCUT2D eigenvalue weighted by molar-refractivity contribution is 7.12. The lowest BCUT2D eigenvalue weighted by atomic mass is 10.1. The molecule has 0 bridgehead atoms. The molecule has 6 nitrogen and oxygen atoms in total. The minimum absolute atomic E-state index is 0.273. The number of carbonyl (C=O) groups excluding carboxylic acids is 2. The molecule has 3 aromatic rings. The van der Waals surface area contributed by atoms with E-state index in [1.807, 2.05) is 19.2 Å². The molecular formula is C20H21FN4O2S. The molecule has 0 aliphatic carbocycles. The molecule has 0 spiro atoms. The third kappa shape index (κ3) is 4.28. The summed E-state index contributed by atoms with van der Waals surface area (Å²) in [5.41, 5.74) is 2.42. The predicted molar refractivity (Wildman–Crippen MR) is 106 cm³/mol. The van der Waals surface area contributed by atoms with Gasteiger partial charge in [-0.15, -0.1) is 11.3 Å². The minimum Gasteiger partial charge on any atom is -0.348 e. The second kappa shape index (κ2) is 8.35. The van der Waals surface area contributed by atoms with Gasteiger partial charge in [-0.1, -0.05) is 6.07 Å². The smallest absolute Gasteiger partial charge is 0.261 e. The highest BCUT2D eigenvalue weighted by Crippen LogP contribution is 2.20. The van der Waals surface area contributed by atoms with Crippen LogP contribution in [-0.2, 0) is 4.79 Å². The lowest BCUT2D eigenvalue weighted by molar-refractivity contribution is -0.123. The summed E-state index contributed by atoms with van der Waals surface area (Å²) in [6.45, 7) is 5.38. The molecule has 0 radical (unpaired) electrons. The van der Waals surface area contributed by atoms with Crippen molar-refractivity contribution in [2.24, 2.45) is 0 Å². The van der Waals surface area contributed by atoms with E-state index in [1.165, 1.54) is 23.5 Å². The van der Waals surface area contributed by atoms with Gasteiger partial charge in [0, 0.05) is 11.3 Å². The lowest BCUT2D eigenvalue weighted by Gasteiger charge is -2.18. The Morgan fingerprint density at radius 2 is 1.86 bits per heavy atom. The van der Waals surface area contributed by atoms with Crippen molar-refractivity contribution < 1.29 is 14.0 Å². The monoisotopic (exact) mass is 400 g/mol. The van der Waals surface area contributed by atoms with Crippen LogP contribution in [0.3, 0.4) is 0 Å². The first-order chi connectivity index (χ1) is 13.4. The van der Waals surface area contributed by atoms with Gasteiger partial charge in [0.25, 0.3) is 5.91 Å². The average molecular weight is 400 g/mol. The van der Waals surface area contributed by atoms with Gasteiger partial charge in [0.05, 0.1) is 22.8 Å². The van der Waals surface area contributed by atoms with Crippen molar-refractivity contribution in [1.82, 2.24) is 20.4 Å². The average Bonchev–Trinajstić information content (AvgIpc) is 3.32. The number of benzene rings is 1. The first kappa shape index (κ1) is 19.8. The van der Waals surface area contributed by atoms with Gasteiger partial charge < -0.3 is 10.6 Å². The molecule has 2 atom stereocenters. The van der Waals surface area contributed by atoms with E-state index < -0.39 is 6.04 Å². The Morgan fingerprint density at radius 1 is 1.14 bits per heavy atom. The van der Waals surface area contributed by atoms with Crippen molar-refractivity contribution in [3.05, 3.63) is 69.9 Å². The Morgan fingerprint density at radius 3 is 2.50 bits per heavy atom. The molecule has 1 aromatic carbocycles. The summed E-state index contributed by atoms with van der Waals surface area (Å²) >= 11 is 1.32. The molecule has 3 rings (SSSR count). The molecular weight excluding hydrogens is 379 g/mol. The van der Waals surface area contributed by atoms with Gasteiger partial charge in [-0.3, -0.25) is 9.59 Å². The van der Waals surface area contributed by atoms with Crippen LogP contribution < -0.4 is 10.6 Å². The molecule has 2 amide bonds. The number of rotatable bonds is 6. The highest BCUT2D eigenvalue weighted by atomic mass is 32.1. The van der Waals surface area contributed by atoms with E-state index in [1.54, 1.807) is 42.1 Å². The molecule has 0 saturated heterocycles. The molecule has 28 heavy (non-hydrogen) atoms. The quantitative estimate of drug-likeness (QED) is 0.666. The van der Waals surface area contributed by atoms with Crippen molar-refractivity contribution in [2.45, 2.75) is 32.9 Å². The van der Waals surface area contributed by atoms with Gasteiger partial charge in [0.2, 0.25) is 5.91 Å². The van der Waals surface area contributed by atoms with Crippen LogP contribution in [0, 0.1) is 12.7 Å². The van der Waals surface area contributed by atoms with Crippen molar-refractivity contribution in [3.8, 4) is 5.69 Å². The molecule has 2 aromatic heterocycles. The summed E-state index contributed by atoms with van der Waals surface area (Å²) in [6, 6.07) is 8.55. The van der Waals surface area contributed by atoms with Crippen LogP contribution in [0.15, 0.2) is 48.0 Å². The van der Waals surface area contributed by atoms with Crippen molar-refractivity contribution in [3.63, 3.8) is 0 Å². The van der Waals surface area contributed by atoms with E-state index in [0.717, 1.165) is 16.9 Å². The van der Waals surface area contributed by atoms with Crippen molar-refractivity contribution in [1.29, 1.82) is 0 Å². The first-order valence-electron chi connectivity index (χ1n) is 8.82. The second-order valence-electron chi connectivity index (χ2n) is 6.48. The van der Waals surface area contributed by atoms with E-state index in [-0.39, 0.29) is 23.7 Å². The zero-order chi connectivity index (χ0) is 20.3. The molecule has 0 aliphatic heterocycles. The van der Waals surface area contributed by atoms with E-state index in [9.17, 15) is 14.0 Å². The fourth-order valence-corrected chi connectivity index (χ4v) is 3.47. The standard InChI is InChI=1S/C20H21FN4O2S/c1-12(23-19(26)13(2)24-20(27)18-5-4-10-28-18)17-11-22-25(14(17)3)16-8-6-15(21)7-9-16/h4-13H,1-3H3,(H,23,26)(H,24,27). The largest absolute Gasteiger partial charge is 0.348 e. The van der Waals surface area contributed by atoms with Gasteiger partial charge >= 0.3 is 0 Å². The molecule has 2 unspecified atom stereocenters. The van der Waals surface area contributed by atoms with Crippen molar-refractivity contribution >= 4 is 23.2 Å². The number of nitrogens with one attached hydrogen (secondary N) is 2. The van der Waals surface area contributed by atoms with E-state index in [4.69, 9.17) is 0 Å². The summed E-state index contributed by atoms with van der Waals surface area (Å²) < 4.78 is 14.8. The maximum Gasteiger partial charge on any atom is 0.261 e. The van der Waals surface area contributed by atoms with Crippen LogP contribution in [0.5, 0.6) is 0 Å². The normalized spacial score (nSPS) is 13.0. The molecule has 8 heteroatoms. The summed E-state index contributed by atoms with van der Waals surface area (Å²) in [7, 11) is 0. The minimum atomic E-state index is -0.676. The lowest BCUT2D eigenvalue weighted by Crippen LogP contribution is -2.45. The van der Waals surface area contributed by atoms with E-state index in [0.29, 0.717) is 4.88 Å². The van der Waals surface area contributed by atoms with Crippen LogP contribution >= 0.6 is 11.3 Å². The van der Waals surface area contributed by atoms with Crippen LogP contribution in [0.1, 0.15) is 40.8 Å². The van der Waals surface area contributed by atoms with Crippen molar-refractivity contribution in [2.75, 3.05) is 0 Å². The molecule has 146 valence electrons. The summed E-state index contributed by atoms with van der Waals surface area (Å²) in [6.07, 6.45) is 1.68. The number of aromatic nitrogens is 2. The maximum atomic E-state index is 13.1. The van der Waals surface area contributed by atoms with Gasteiger partial charge in [-0.05, 0) is 56.5 Å². The van der Waals surface area contributed by atoms with Crippen LogP contribution in [0.4, 0.5) is 4.39 Å². The third-order valence-corrected chi connectivity index (χ3v) is 5.30. The number of thiophene rings is 1. The Bertz CT molecular complexity index is 967. The summed E-state index contributed by atoms with van der Waals surface area (Å²) in [4.78, 5) is 25.1. The fraction of sp³-hybridized carbons (Fsp3) is 0.250. The number of hydrogen-bond acceptors (Lipinski definition) is 4. The molecule has 0 fully saturated rings. The Labute approximate surface area is 166 Å². The SMILES string of the molecule is Cc1c(C(C)NC(=O)C(C)NC(=O)c2cccs2)cnn1-c1ccc(F)cc1. The number of halogens is 1. The number of hydrogen-bond donors (Lipinski definition) is 2. The third-order valence-electron chi connectivity index (χ3n) is 4.43. The Kier molecular flexibility index (Phi) is 5.89. The predicted octanol–water partition coefficient (Wildman–Crippen LogP) is 3.38. The van der Waals surface area contributed by atoms with Crippen LogP contribution in [0.25, 0.3) is 5.69 Å². The molecule has 2 heterocycles. The zero-order valence-electron chi connectivity index (χ0n) is 15.8. The van der Waals surface area contributed by atoms with Crippen LogP contribution in [-0.4, -0.2) is 27.6 Å². The fourth-order valence-electron chi connectivity index (χ4n) is 2.85. The van der Waals surface area contributed by atoms with Gasteiger partial charge in [-0.25, -0.2) is 9.07 Å². The number of amides is 2. The van der Waals surface area contributed by atoms with Crippen LogP contribution in [0.2, 0.25) is 0 Å². The Hall–Kier alpha value is -3.00. The topological polar surface area (TPSA) is 76.0 Å². The maximum absolute atomic E-state index is 13.1. The van der Waals surface area contributed by atoms with Gasteiger partial charge in [0.1, 0.15) is 11.9 Å². The highest BCUT2D eigenvalue weighted by Gasteiger charge is 2.21. The zero-order valence-corrected chi connectivity index (χ0v) is 16.6. The second-order valence-corrected chi connectivity index (χ2v) is 7.42. The summed E-state index contributed by atoms with van der Waals surface area (Å²) in [5, 5.41) is 11.7. The van der Waals surface area contributed by atoms with Gasteiger partial charge in [0.15, 0.2) is 0 Å². The Balaban J connectivity index is 1.65.